The van der Waals surface area contributed by atoms with E-state index in [9.17, 15) is 9.90 Å². The van der Waals surface area contributed by atoms with Crippen molar-refractivity contribution in [2.45, 2.75) is 65.1 Å². The fourth-order valence-corrected chi connectivity index (χ4v) is 5.51. The highest BCUT2D eigenvalue weighted by Crippen LogP contribution is 2.34. The van der Waals surface area contributed by atoms with Crippen LogP contribution >= 0.6 is 11.6 Å². The number of fused-ring (bicyclic) bond motifs is 1. The molecule has 0 saturated heterocycles. The first-order valence-electron chi connectivity index (χ1n) is 12.2. The summed E-state index contributed by atoms with van der Waals surface area (Å²) in [4.78, 5) is 18.0. The van der Waals surface area contributed by atoms with Gasteiger partial charge in [0.2, 0.25) is 5.88 Å². The highest BCUT2D eigenvalue weighted by molar-refractivity contribution is 6.31. The first-order valence-corrected chi connectivity index (χ1v) is 12.6. The van der Waals surface area contributed by atoms with Crippen molar-refractivity contribution in [3.63, 3.8) is 0 Å². The van der Waals surface area contributed by atoms with Crippen molar-refractivity contribution in [2.75, 3.05) is 25.5 Å². The Balaban J connectivity index is 1.55. The van der Waals surface area contributed by atoms with Gasteiger partial charge in [-0.1, -0.05) is 11.6 Å². The molecule has 1 aromatic carbocycles. The smallest absolute Gasteiger partial charge is 0.251 e. The van der Waals surface area contributed by atoms with Crippen LogP contribution in [-0.4, -0.2) is 63.2 Å². The number of hydrogen-bond donors (Lipinski definition) is 2. The molecule has 0 unspecified atom stereocenters. The maximum Gasteiger partial charge on any atom is 0.251 e. The van der Waals surface area contributed by atoms with E-state index in [1.54, 1.807) is 6.07 Å². The fraction of sp³-hybridized carbons (Fsp3) is 0.500. The van der Waals surface area contributed by atoms with E-state index >= 15 is 0 Å². The number of carbonyl (C=O) groups excluding carboxylic acids is 1. The minimum Gasteiger partial charge on any atom is -0.494 e. The number of nitrogens with one attached hydrogen (secondary N) is 1. The molecule has 35 heavy (non-hydrogen) atoms. The number of aromatic nitrogens is 3. The molecule has 0 radical (unpaired) electrons. The number of amides is 1. The van der Waals surface area contributed by atoms with E-state index in [1.165, 1.54) is 23.6 Å². The lowest BCUT2D eigenvalue weighted by Crippen LogP contribution is -2.42. The molecule has 2 N–H and O–H groups in total. The summed E-state index contributed by atoms with van der Waals surface area (Å²) in [5.41, 5.74) is 4.50. The van der Waals surface area contributed by atoms with Gasteiger partial charge < -0.3 is 20.2 Å². The van der Waals surface area contributed by atoms with Gasteiger partial charge in [-0.25, -0.2) is 0 Å². The highest BCUT2D eigenvalue weighted by atomic mass is 35.5. The Morgan fingerprint density at radius 3 is 2.51 bits per heavy atom. The normalized spacial score (nSPS) is 18.3. The summed E-state index contributed by atoms with van der Waals surface area (Å²) in [6, 6.07) is 6.59. The highest BCUT2D eigenvalue weighted by Gasteiger charge is 2.28. The summed E-state index contributed by atoms with van der Waals surface area (Å²) in [5.74, 6) is -0.194. The molecular weight excluding hydrogens is 464 g/mol. The molecular formula is C26H35ClN6O2. The van der Waals surface area contributed by atoms with Crippen LogP contribution < -0.4 is 10.2 Å². The summed E-state index contributed by atoms with van der Waals surface area (Å²) >= 11 is 6.52. The molecule has 4 rings (SSSR count). The molecule has 0 atom stereocenters. The Hall–Kier alpha value is -2.84. The van der Waals surface area contributed by atoms with Gasteiger partial charge in [0.25, 0.3) is 5.91 Å². The maximum absolute atomic E-state index is 13.3. The molecule has 9 heteroatoms. The summed E-state index contributed by atoms with van der Waals surface area (Å²) in [6.45, 7) is 7.05. The van der Waals surface area contributed by atoms with Crippen LogP contribution in [0.15, 0.2) is 24.5 Å². The summed E-state index contributed by atoms with van der Waals surface area (Å²) in [7, 11) is 4.31. The van der Waals surface area contributed by atoms with Gasteiger partial charge in [0.05, 0.1) is 0 Å². The number of aryl methyl sites for hydroxylation is 1. The van der Waals surface area contributed by atoms with Crippen LogP contribution in [0.5, 0.6) is 5.88 Å². The van der Waals surface area contributed by atoms with E-state index < -0.39 is 0 Å². The van der Waals surface area contributed by atoms with E-state index in [2.05, 4.69) is 46.3 Å². The van der Waals surface area contributed by atoms with Gasteiger partial charge in [0, 0.05) is 47.0 Å². The number of carbonyl (C=O) groups is 1. The number of benzene rings is 1. The molecule has 1 amide bonds. The van der Waals surface area contributed by atoms with E-state index in [4.69, 9.17) is 11.6 Å². The van der Waals surface area contributed by atoms with Crippen molar-refractivity contribution in [3.05, 3.63) is 51.8 Å². The molecule has 0 spiro atoms. The zero-order chi connectivity index (χ0) is 25.3. The Morgan fingerprint density at radius 1 is 1.17 bits per heavy atom. The SMILES string of the molecule is CCN(c1cc(Cl)cc(C(=O)NCc2c(C)cc3nncn3c2O)c1C)[C@H]1CC[C@H](N(C)C)CC1. The zero-order valence-electron chi connectivity index (χ0n) is 21.2. The van der Waals surface area contributed by atoms with Gasteiger partial charge in [-0.3, -0.25) is 9.20 Å². The van der Waals surface area contributed by atoms with Gasteiger partial charge in [0.1, 0.15) is 6.33 Å². The van der Waals surface area contributed by atoms with Crippen LogP contribution in [-0.2, 0) is 6.54 Å². The molecule has 1 saturated carbocycles. The molecule has 8 nitrogen and oxygen atoms in total. The van der Waals surface area contributed by atoms with Gasteiger partial charge in [-0.15, -0.1) is 10.2 Å². The van der Waals surface area contributed by atoms with E-state index in [0.717, 1.165) is 36.2 Å². The minimum atomic E-state index is -0.221. The van der Waals surface area contributed by atoms with E-state index in [0.29, 0.717) is 33.9 Å². The Labute approximate surface area is 211 Å². The topological polar surface area (TPSA) is 86.0 Å². The molecule has 0 aliphatic heterocycles. The van der Waals surface area contributed by atoms with E-state index in [1.807, 2.05) is 26.0 Å². The Kier molecular flexibility index (Phi) is 7.52. The molecule has 3 aromatic rings. The van der Waals surface area contributed by atoms with Gasteiger partial charge >= 0.3 is 0 Å². The molecule has 1 fully saturated rings. The third-order valence-corrected chi connectivity index (χ3v) is 7.61. The lowest BCUT2D eigenvalue weighted by Gasteiger charge is -2.40. The van der Waals surface area contributed by atoms with Crippen molar-refractivity contribution < 1.29 is 9.90 Å². The number of hydrogen-bond acceptors (Lipinski definition) is 6. The summed E-state index contributed by atoms with van der Waals surface area (Å²) < 4.78 is 1.50. The number of nitrogens with zero attached hydrogens (tertiary/aromatic N) is 5. The monoisotopic (exact) mass is 498 g/mol. The third kappa shape index (κ3) is 5.09. The number of aromatic hydroxyl groups is 1. The minimum absolute atomic E-state index is 0.0271. The van der Waals surface area contributed by atoms with Crippen LogP contribution in [0.25, 0.3) is 5.65 Å². The number of pyridine rings is 1. The standard InChI is InChI=1S/C26H35ClN6O2/c1-6-32(20-9-7-19(8-10-20)31(4)5)23-13-18(27)12-21(17(23)3)25(34)28-14-22-16(2)11-24-30-29-15-33(24)26(22)35/h11-13,15,19-20,35H,6-10,14H2,1-5H3,(H,28,34)/t19-,20-. The Bertz CT molecular complexity index is 1220. The molecule has 0 bridgehead atoms. The van der Waals surface area contributed by atoms with Crippen LogP contribution in [0, 0.1) is 13.8 Å². The van der Waals surface area contributed by atoms with Crippen molar-refractivity contribution in [3.8, 4) is 5.88 Å². The molecule has 2 heterocycles. The van der Waals surface area contributed by atoms with Crippen molar-refractivity contribution in [1.82, 2.24) is 24.8 Å². The lowest BCUT2D eigenvalue weighted by atomic mass is 9.89. The first-order chi connectivity index (χ1) is 16.7. The van der Waals surface area contributed by atoms with Crippen LogP contribution in [0.3, 0.4) is 0 Å². The number of halogens is 1. The molecule has 188 valence electrons. The zero-order valence-corrected chi connectivity index (χ0v) is 21.9. The lowest BCUT2D eigenvalue weighted by molar-refractivity contribution is 0.0950. The predicted octanol–water partition coefficient (Wildman–Crippen LogP) is 4.33. The Morgan fingerprint density at radius 2 is 1.86 bits per heavy atom. The molecule has 1 aliphatic carbocycles. The first kappa shape index (κ1) is 25.3. The predicted molar refractivity (Wildman–Crippen MR) is 139 cm³/mol. The van der Waals surface area contributed by atoms with Gasteiger partial charge in [-0.05, 0) is 89.9 Å². The van der Waals surface area contributed by atoms with Crippen LogP contribution in [0.2, 0.25) is 5.02 Å². The second-order valence-corrected chi connectivity index (χ2v) is 10.1. The number of anilines is 1. The van der Waals surface area contributed by atoms with Crippen LogP contribution in [0.4, 0.5) is 5.69 Å². The van der Waals surface area contributed by atoms with Crippen molar-refractivity contribution in [2.24, 2.45) is 0 Å². The summed E-state index contributed by atoms with van der Waals surface area (Å²) in [5, 5.41) is 22.0. The van der Waals surface area contributed by atoms with Crippen LogP contribution in [0.1, 0.15) is 59.7 Å². The fourth-order valence-electron chi connectivity index (χ4n) is 5.30. The van der Waals surface area contributed by atoms with Gasteiger partial charge in [-0.2, -0.15) is 0 Å². The average Bonchev–Trinajstić information content (AvgIpc) is 3.30. The maximum atomic E-state index is 13.3. The number of rotatable bonds is 7. The van der Waals surface area contributed by atoms with Crippen molar-refractivity contribution in [1.29, 1.82) is 0 Å². The second-order valence-electron chi connectivity index (χ2n) is 9.68. The largest absolute Gasteiger partial charge is 0.494 e. The quantitative estimate of drug-likeness (QED) is 0.504. The van der Waals surface area contributed by atoms with Gasteiger partial charge in [0.15, 0.2) is 5.65 Å². The average molecular weight is 499 g/mol. The molecule has 2 aromatic heterocycles. The van der Waals surface area contributed by atoms with E-state index in [-0.39, 0.29) is 18.3 Å². The van der Waals surface area contributed by atoms with Crippen molar-refractivity contribution >= 4 is 28.8 Å². The summed E-state index contributed by atoms with van der Waals surface area (Å²) in [6.07, 6.45) is 6.03. The third-order valence-electron chi connectivity index (χ3n) is 7.40. The second kappa shape index (κ2) is 10.4. The molecule has 1 aliphatic rings.